The molecule has 0 heterocycles. The number of hydrogen-bond donors (Lipinski definition) is 1. The Morgan fingerprint density at radius 2 is 1.88 bits per heavy atom. The van der Waals surface area contributed by atoms with Crippen LogP contribution in [-0.4, -0.2) is 5.11 Å². The molecule has 2 aromatic carbocycles. The molecule has 17 heavy (non-hydrogen) atoms. The number of phenols is 1. The van der Waals surface area contributed by atoms with Gasteiger partial charge in [0.2, 0.25) is 0 Å². The van der Waals surface area contributed by atoms with Crippen molar-refractivity contribution in [1.29, 1.82) is 5.26 Å². The lowest BCUT2D eigenvalue weighted by Crippen LogP contribution is -1.87. The Morgan fingerprint density at radius 3 is 2.53 bits per heavy atom. The maximum absolute atomic E-state index is 9.30. The molecule has 0 saturated heterocycles. The second-order valence-electron chi connectivity index (χ2n) is 3.69. The molecule has 0 aliphatic rings. The van der Waals surface area contributed by atoms with Gasteiger partial charge in [0.05, 0.1) is 11.6 Å². The Morgan fingerprint density at radius 1 is 1.12 bits per heavy atom. The topological polar surface area (TPSA) is 53.2 Å². The van der Waals surface area contributed by atoms with Gasteiger partial charge in [0.25, 0.3) is 0 Å². The molecule has 0 aromatic heterocycles. The normalized spacial score (nSPS) is 9.65. The van der Waals surface area contributed by atoms with Gasteiger partial charge in [0.1, 0.15) is 17.2 Å². The zero-order valence-corrected chi connectivity index (χ0v) is 9.34. The molecule has 0 unspecified atom stereocenters. The van der Waals surface area contributed by atoms with Crippen LogP contribution in [0.3, 0.4) is 0 Å². The van der Waals surface area contributed by atoms with Gasteiger partial charge in [-0.1, -0.05) is 6.07 Å². The highest BCUT2D eigenvalue weighted by molar-refractivity contribution is 5.43. The SMILES string of the molecule is Cc1cc(Oc2cccc(O)c2)ccc1C#N. The minimum Gasteiger partial charge on any atom is -0.508 e. The van der Waals surface area contributed by atoms with Crippen molar-refractivity contribution in [2.75, 3.05) is 0 Å². The Kier molecular flexibility index (Phi) is 2.97. The maximum Gasteiger partial charge on any atom is 0.131 e. The average Bonchev–Trinajstić information content (AvgIpc) is 2.29. The van der Waals surface area contributed by atoms with Gasteiger partial charge < -0.3 is 9.84 Å². The number of aromatic hydroxyl groups is 1. The van der Waals surface area contributed by atoms with E-state index in [4.69, 9.17) is 10.00 Å². The summed E-state index contributed by atoms with van der Waals surface area (Å²) in [5.41, 5.74) is 1.50. The third kappa shape index (κ3) is 2.56. The van der Waals surface area contributed by atoms with E-state index in [1.165, 1.54) is 6.07 Å². The molecular formula is C14H11NO2. The first-order chi connectivity index (χ1) is 8.19. The molecule has 1 N–H and O–H groups in total. The lowest BCUT2D eigenvalue weighted by molar-refractivity contribution is 0.455. The summed E-state index contributed by atoms with van der Waals surface area (Å²) in [5, 5.41) is 18.1. The van der Waals surface area contributed by atoms with Crippen LogP contribution < -0.4 is 4.74 Å². The van der Waals surface area contributed by atoms with E-state index >= 15 is 0 Å². The summed E-state index contributed by atoms with van der Waals surface area (Å²) in [5.74, 6) is 1.37. The number of nitrogens with zero attached hydrogens (tertiary/aromatic N) is 1. The van der Waals surface area contributed by atoms with E-state index in [0.29, 0.717) is 17.1 Å². The molecule has 0 radical (unpaired) electrons. The van der Waals surface area contributed by atoms with Gasteiger partial charge in [-0.3, -0.25) is 0 Å². The van der Waals surface area contributed by atoms with Gasteiger partial charge in [-0.15, -0.1) is 0 Å². The minimum atomic E-state index is 0.160. The van der Waals surface area contributed by atoms with Crippen molar-refractivity contribution in [3.05, 3.63) is 53.6 Å². The summed E-state index contributed by atoms with van der Waals surface area (Å²) in [6.45, 7) is 1.86. The summed E-state index contributed by atoms with van der Waals surface area (Å²) < 4.78 is 5.57. The highest BCUT2D eigenvalue weighted by Gasteiger charge is 2.02. The van der Waals surface area contributed by atoms with Crippen LogP contribution >= 0.6 is 0 Å². The van der Waals surface area contributed by atoms with Crippen LogP contribution in [0.4, 0.5) is 0 Å². The molecule has 3 heteroatoms. The van der Waals surface area contributed by atoms with Crippen LogP contribution in [0.1, 0.15) is 11.1 Å². The predicted octanol–water partition coefficient (Wildman–Crippen LogP) is 3.36. The van der Waals surface area contributed by atoms with Crippen molar-refractivity contribution in [3.8, 4) is 23.3 Å². The van der Waals surface area contributed by atoms with Gasteiger partial charge >= 0.3 is 0 Å². The molecule has 0 aliphatic carbocycles. The Balaban J connectivity index is 2.25. The molecular weight excluding hydrogens is 214 g/mol. The standard InChI is InChI=1S/C14H11NO2/c1-10-7-14(6-5-11(10)9-15)17-13-4-2-3-12(16)8-13/h2-8,16H,1H3. The van der Waals surface area contributed by atoms with Crippen LogP contribution in [0.25, 0.3) is 0 Å². The van der Waals surface area contributed by atoms with Crippen molar-refractivity contribution >= 4 is 0 Å². The number of ether oxygens (including phenoxy) is 1. The van der Waals surface area contributed by atoms with Crippen molar-refractivity contribution in [1.82, 2.24) is 0 Å². The third-order valence-corrected chi connectivity index (χ3v) is 2.37. The fourth-order valence-electron chi connectivity index (χ4n) is 1.51. The van der Waals surface area contributed by atoms with E-state index in [1.54, 1.807) is 36.4 Å². The van der Waals surface area contributed by atoms with Crippen molar-refractivity contribution in [2.24, 2.45) is 0 Å². The smallest absolute Gasteiger partial charge is 0.131 e. The summed E-state index contributed by atoms with van der Waals surface area (Å²) in [6.07, 6.45) is 0. The highest BCUT2D eigenvalue weighted by atomic mass is 16.5. The van der Waals surface area contributed by atoms with Gasteiger partial charge in [0.15, 0.2) is 0 Å². The lowest BCUT2D eigenvalue weighted by atomic mass is 10.1. The molecule has 0 fully saturated rings. The minimum absolute atomic E-state index is 0.160. The summed E-state index contributed by atoms with van der Waals surface area (Å²) in [4.78, 5) is 0. The summed E-state index contributed by atoms with van der Waals surface area (Å²) >= 11 is 0. The summed E-state index contributed by atoms with van der Waals surface area (Å²) in [6, 6.07) is 13.9. The largest absolute Gasteiger partial charge is 0.508 e. The number of aryl methyl sites for hydroxylation is 1. The number of nitriles is 1. The van der Waals surface area contributed by atoms with E-state index in [1.807, 2.05) is 6.92 Å². The molecule has 84 valence electrons. The molecule has 3 nitrogen and oxygen atoms in total. The average molecular weight is 225 g/mol. The maximum atomic E-state index is 9.30. The first-order valence-corrected chi connectivity index (χ1v) is 5.16. The van der Waals surface area contributed by atoms with Crippen LogP contribution in [0.15, 0.2) is 42.5 Å². The number of phenolic OH excluding ortho intramolecular Hbond substituents is 1. The number of rotatable bonds is 2. The summed E-state index contributed by atoms with van der Waals surface area (Å²) in [7, 11) is 0. The highest BCUT2D eigenvalue weighted by Crippen LogP contribution is 2.25. The van der Waals surface area contributed by atoms with E-state index in [9.17, 15) is 5.11 Å². The Labute approximate surface area is 99.5 Å². The monoisotopic (exact) mass is 225 g/mol. The van der Waals surface area contributed by atoms with Gasteiger partial charge in [0, 0.05) is 6.07 Å². The van der Waals surface area contributed by atoms with Crippen LogP contribution in [-0.2, 0) is 0 Å². The van der Waals surface area contributed by atoms with Gasteiger partial charge in [-0.05, 0) is 42.8 Å². The fraction of sp³-hybridized carbons (Fsp3) is 0.0714. The van der Waals surface area contributed by atoms with Crippen molar-refractivity contribution < 1.29 is 9.84 Å². The molecule has 0 spiro atoms. The van der Waals surface area contributed by atoms with Gasteiger partial charge in [-0.2, -0.15) is 5.26 Å². The predicted molar refractivity (Wildman–Crippen MR) is 64.1 cm³/mol. The van der Waals surface area contributed by atoms with Crippen molar-refractivity contribution in [2.45, 2.75) is 6.92 Å². The first kappa shape index (κ1) is 11.0. The zero-order chi connectivity index (χ0) is 12.3. The van der Waals surface area contributed by atoms with Crippen LogP contribution in [0.2, 0.25) is 0 Å². The molecule has 2 rings (SSSR count). The molecule has 0 amide bonds. The molecule has 0 saturated carbocycles. The lowest BCUT2D eigenvalue weighted by Gasteiger charge is -2.07. The molecule has 0 bridgehead atoms. The molecule has 0 atom stereocenters. The van der Waals surface area contributed by atoms with E-state index in [2.05, 4.69) is 6.07 Å². The second kappa shape index (κ2) is 4.58. The van der Waals surface area contributed by atoms with Crippen LogP contribution in [0.5, 0.6) is 17.2 Å². The van der Waals surface area contributed by atoms with Crippen LogP contribution in [0, 0.1) is 18.3 Å². The first-order valence-electron chi connectivity index (χ1n) is 5.16. The Bertz CT molecular complexity index is 585. The quantitative estimate of drug-likeness (QED) is 0.852. The van der Waals surface area contributed by atoms with E-state index in [0.717, 1.165) is 5.56 Å². The Hall–Kier alpha value is -2.47. The van der Waals surface area contributed by atoms with Crippen molar-refractivity contribution in [3.63, 3.8) is 0 Å². The zero-order valence-electron chi connectivity index (χ0n) is 9.34. The van der Waals surface area contributed by atoms with E-state index in [-0.39, 0.29) is 5.75 Å². The van der Waals surface area contributed by atoms with E-state index < -0.39 is 0 Å². The number of benzene rings is 2. The fourth-order valence-corrected chi connectivity index (χ4v) is 1.51. The van der Waals surface area contributed by atoms with Gasteiger partial charge in [-0.25, -0.2) is 0 Å². The second-order valence-corrected chi connectivity index (χ2v) is 3.69. The number of hydrogen-bond acceptors (Lipinski definition) is 3. The third-order valence-electron chi connectivity index (χ3n) is 2.37. The molecule has 0 aliphatic heterocycles. The molecule has 2 aromatic rings.